The first-order chi connectivity index (χ1) is 7.11. The van der Waals surface area contributed by atoms with E-state index in [1.807, 2.05) is 5.38 Å². The van der Waals surface area contributed by atoms with Gasteiger partial charge in [0.25, 0.3) is 0 Å². The van der Waals surface area contributed by atoms with Crippen molar-refractivity contribution in [3.05, 3.63) is 16.6 Å². The third kappa shape index (κ3) is 3.93. The van der Waals surface area contributed by atoms with Gasteiger partial charge in [0.2, 0.25) is 5.91 Å². The lowest BCUT2D eigenvalue weighted by atomic mass is 10.1. The Morgan fingerprint density at radius 3 is 3.07 bits per heavy atom. The van der Waals surface area contributed by atoms with Crippen LogP contribution >= 0.6 is 23.6 Å². The molecule has 0 aliphatic heterocycles. The van der Waals surface area contributed by atoms with E-state index in [0.29, 0.717) is 6.54 Å². The SMILES string of the molecule is CC(C(=O)NCCc1nccs1)C(N)=S. The molecule has 1 aromatic heterocycles. The van der Waals surface area contributed by atoms with Crippen molar-refractivity contribution in [2.45, 2.75) is 13.3 Å². The molecule has 0 aliphatic carbocycles. The molecular formula is C9H13N3OS2. The first-order valence-electron chi connectivity index (χ1n) is 4.56. The molecule has 1 atom stereocenters. The second kappa shape index (κ2) is 5.77. The number of carbonyl (C=O) groups is 1. The Bertz CT molecular complexity index is 337. The average Bonchev–Trinajstić information content (AvgIpc) is 2.69. The Morgan fingerprint density at radius 1 is 1.80 bits per heavy atom. The van der Waals surface area contributed by atoms with Gasteiger partial charge in [-0.2, -0.15) is 0 Å². The lowest BCUT2D eigenvalue weighted by Crippen LogP contribution is -2.36. The fourth-order valence-electron chi connectivity index (χ4n) is 0.951. The van der Waals surface area contributed by atoms with Crippen LogP contribution in [-0.2, 0) is 11.2 Å². The Morgan fingerprint density at radius 2 is 2.53 bits per heavy atom. The molecule has 15 heavy (non-hydrogen) atoms. The van der Waals surface area contributed by atoms with Crippen LogP contribution in [0.25, 0.3) is 0 Å². The van der Waals surface area contributed by atoms with Crippen LogP contribution in [0.1, 0.15) is 11.9 Å². The second-order valence-corrected chi connectivity index (χ2v) is 4.54. The number of hydrogen-bond donors (Lipinski definition) is 2. The maximum atomic E-state index is 11.4. The quantitative estimate of drug-likeness (QED) is 0.748. The molecular weight excluding hydrogens is 230 g/mol. The van der Waals surface area contributed by atoms with Gasteiger partial charge in [-0.05, 0) is 6.92 Å². The minimum atomic E-state index is -0.406. The molecule has 82 valence electrons. The van der Waals surface area contributed by atoms with E-state index in [1.54, 1.807) is 24.5 Å². The van der Waals surface area contributed by atoms with Crippen LogP contribution < -0.4 is 11.1 Å². The topological polar surface area (TPSA) is 68.0 Å². The van der Waals surface area contributed by atoms with Gasteiger partial charge in [-0.15, -0.1) is 11.3 Å². The Hall–Kier alpha value is -1.01. The largest absolute Gasteiger partial charge is 0.393 e. The van der Waals surface area contributed by atoms with Crippen LogP contribution in [0, 0.1) is 5.92 Å². The summed E-state index contributed by atoms with van der Waals surface area (Å²) in [6.45, 7) is 2.26. The number of carbonyl (C=O) groups excluding carboxylic acids is 1. The van der Waals surface area contributed by atoms with Crippen molar-refractivity contribution in [3.8, 4) is 0 Å². The summed E-state index contributed by atoms with van der Waals surface area (Å²) in [5.74, 6) is -0.532. The number of rotatable bonds is 5. The summed E-state index contributed by atoms with van der Waals surface area (Å²) in [6, 6.07) is 0. The molecule has 0 aliphatic rings. The summed E-state index contributed by atoms with van der Waals surface area (Å²) in [6.07, 6.45) is 2.49. The third-order valence-corrected chi connectivity index (χ3v) is 3.13. The van der Waals surface area contributed by atoms with Crippen LogP contribution in [0.4, 0.5) is 0 Å². The van der Waals surface area contributed by atoms with Crippen LogP contribution in [0.15, 0.2) is 11.6 Å². The van der Waals surface area contributed by atoms with E-state index in [1.165, 1.54) is 0 Å². The van der Waals surface area contributed by atoms with E-state index in [0.717, 1.165) is 11.4 Å². The highest BCUT2D eigenvalue weighted by Gasteiger charge is 2.14. The Balaban J connectivity index is 2.26. The number of nitrogens with two attached hydrogens (primary N) is 1. The molecule has 0 radical (unpaired) electrons. The minimum absolute atomic E-state index is 0.126. The van der Waals surface area contributed by atoms with Crippen LogP contribution in [0.3, 0.4) is 0 Å². The van der Waals surface area contributed by atoms with Gasteiger partial charge in [-0.3, -0.25) is 4.79 Å². The van der Waals surface area contributed by atoms with Crippen LogP contribution in [-0.4, -0.2) is 22.4 Å². The molecule has 4 nitrogen and oxygen atoms in total. The standard InChI is InChI=1S/C9H13N3OS2/c1-6(8(10)14)9(13)12-3-2-7-11-4-5-15-7/h4-6H,2-3H2,1H3,(H2,10,14)(H,12,13). The third-order valence-electron chi connectivity index (χ3n) is 1.94. The zero-order chi connectivity index (χ0) is 11.3. The molecule has 3 N–H and O–H groups in total. The van der Waals surface area contributed by atoms with Crippen molar-refractivity contribution >= 4 is 34.5 Å². The predicted octanol–water partition coefficient (Wildman–Crippen LogP) is 0.724. The molecule has 1 rings (SSSR count). The van der Waals surface area contributed by atoms with E-state index in [9.17, 15) is 4.79 Å². The molecule has 1 heterocycles. The predicted molar refractivity (Wildman–Crippen MR) is 64.8 cm³/mol. The number of thiocarbonyl (C=S) groups is 1. The molecule has 0 saturated heterocycles. The van der Waals surface area contributed by atoms with Gasteiger partial charge in [-0.1, -0.05) is 12.2 Å². The lowest BCUT2D eigenvalue weighted by molar-refractivity contribution is -0.122. The zero-order valence-electron chi connectivity index (χ0n) is 8.40. The number of hydrogen-bond acceptors (Lipinski definition) is 4. The number of aromatic nitrogens is 1. The van der Waals surface area contributed by atoms with E-state index in [4.69, 9.17) is 18.0 Å². The molecule has 1 unspecified atom stereocenters. The molecule has 1 amide bonds. The highest BCUT2D eigenvalue weighted by Crippen LogP contribution is 2.03. The normalized spacial score (nSPS) is 12.1. The first-order valence-corrected chi connectivity index (χ1v) is 5.85. The maximum absolute atomic E-state index is 11.4. The van der Waals surface area contributed by atoms with Gasteiger partial charge >= 0.3 is 0 Å². The molecule has 6 heteroatoms. The number of thiazole rings is 1. The molecule has 1 aromatic rings. The van der Waals surface area contributed by atoms with Gasteiger partial charge in [0, 0.05) is 24.5 Å². The molecule has 0 aromatic carbocycles. The minimum Gasteiger partial charge on any atom is -0.393 e. The Labute approximate surface area is 97.9 Å². The highest BCUT2D eigenvalue weighted by molar-refractivity contribution is 7.80. The van der Waals surface area contributed by atoms with Crippen molar-refractivity contribution in [2.75, 3.05) is 6.54 Å². The molecule has 0 fully saturated rings. The molecule has 0 spiro atoms. The van der Waals surface area contributed by atoms with Crippen molar-refractivity contribution in [3.63, 3.8) is 0 Å². The molecule has 0 saturated carbocycles. The number of nitrogens with zero attached hydrogens (tertiary/aromatic N) is 1. The van der Waals surface area contributed by atoms with E-state index in [2.05, 4.69) is 10.3 Å². The fraction of sp³-hybridized carbons (Fsp3) is 0.444. The maximum Gasteiger partial charge on any atom is 0.229 e. The van der Waals surface area contributed by atoms with Crippen LogP contribution in [0.2, 0.25) is 0 Å². The number of amides is 1. The fourth-order valence-corrected chi connectivity index (χ4v) is 1.68. The number of nitrogens with one attached hydrogen (secondary N) is 1. The van der Waals surface area contributed by atoms with E-state index >= 15 is 0 Å². The van der Waals surface area contributed by atoms with Crippen molar-refractivity contribution < 1.29 is 4.79 Å². The first kappa shape index (κ1) is 12.1. The zero-order valence-corrected chi connectivity index (χ0v) is 10.0. The van der Waals surface area contributed by atoms with Gasteiger partial charge in [-0.25, -0.2) is 4.98 Å². The average molecular weight is 243 g/mol. The summed E-state index contributed by atoms with van der Waals surface area (Å²) in [7, 11) is 0. The van der Waals surface area contributed by atoms with Gasteiger partial charge in [0.1, 0.15) is 0 Å². The Kier molecular flexibility index (Phi) is 4.64. The monoisotopic (exact) mass is 243 g/mol. The molecule has 0 bridgehead atoms. The van der Waals surface area contributed by atoms with Crippen LogP contribution in [0.5, 0.6) is 0 Å². The lowest BCUT2D eigenvalue weighted by Gasteiger charge is -2.09. The van der Waals surface area contributed by atoms with Crippen molar-refractivity contribution in [1.29, 1.82) is 0 Å². The highest BCUT2D eigenvalue weighted by atomic mass is 32.1. The van der Waals surface area contributed by atoms with E-state index in [-0.39, 0.29) is 10.9 Å². The summed E-state index contributed by atoms with van der Waals surface area (Å²) >= 11 is 6.31. The van der Waals surface area contributed by atoms with Gasteiger partial charge in [0.05, 0.1) is 15.9 Å². The summed E-state index contributed by atoms with van der Waals surface area (Å²) in [5, 5.41) is 5.69. The van der Waals surface area contributed by atoms with E-state index < -0.39 is 5.92 Å². The van der Waals surface area contributed by atoms with Crippen molar-refractivity contribution in [2.24, 2.45) is 11.7 Å². The van der Waals surface area contributed by atoms with Gasteiger partial charge in [0.15, 0.2) is 0 Å². The smallest absolute Gasteiger partial charge is 0.229 e. The summed E-state index contributed by atoms with van der Waals surface area (Å²) in [5.41, 5.74) is 5.36. The second-order valence-electron chi connectivity index (χ2n) is 3.09. The van der Waals surface area contributed by atoms with Crippen molar-refractivity contribution in [1.82, 2.24) is 10.3 Å². The van der Waals surface area contributed by atoms with Gasteiger partial charge < -0.3 is 11.1 Å². The summed E-state index contributed by atoms with van der Waals surface area (Å²) < 4.78 is 0. The summed E-state index contributed by atoms with van der Waals surface area (Å²) in [4.78, 5) is 15.8.